The predicted molar refractivity (Wildman–Crippen MR) is 108 cm³/mol. The van der Waals surface area contributed by atoms with Crippen LogP contribution in [0.5, 0.6) is 23.1 Å². The van der Waals surface area contributed by atoms with Gasteiger partial charge in [0.15, 0.2) is 11.5 Å². The Morgan fingerprint density at radius 2 is 1.93 bits per heavy atom. The molecule has 6 nitrogen and oxygen atoms in total. The molecular formula is C21H17BrN2O4. The lowest BCUT2D eigenvalue weighted by Gasteiger charge is -2.18. The van der Waals surface area contributed by atoms with Crippen molar-refractivity contribution < 1.29 is 19.0 Å². The third-order valence-corrected chi connectivity index (χ3v) is 4.50. The lowest BCUT2D eigenvalue weighted by Crippen LogP contribution is -2.17. The molecule has 2 heterocycles. The Bertz CT molecular complexity index is 992. The van der Waals surface area contributed by atoms with Crippen molar-refractivity contribution in [3.05, 3.63) is 70.8 Å². The molecule has 4 rings (SSSR count). The summed E-state index contributed by atoms with van der Waals surface area (Å²) in [5.74, 6) is 2.37. The van der Waals surface area contributed by atoms with Crippen molar-refractivity contribution in [3.63, 3.8) is 0 Å². The number of pyridine rings is 1. The highest BCUT2D eigenvalue weighted by atomic mass is 79.9. The summed E-state index contributed by atoms with van der Waals surface area (Å²) in [5.41, 5.74) is 1.45. The van der Waals surface area contributed by atoms with Gasteiger partial charge in [-0.2, -0.15) is 0 Å². The Hall–Kier alpha value is -3.06. The standard InChI is InChI=1S/C21H17BrN2O4/c22-15-2-1-3-17(12-15)28-21-7-5-16(13-23-21)24-20(25)11-14-4-6-18-19(10-14)27-9-8-26-18/h1-7,10,12-13H,8-9,11H2,(H,24,25). The second-order valence-corrected chi connectivity index (χ2v) is 7.06. The molecule has 0 spiro atoms. The van der Waals surface area contributed by atoms with Crippen molar-refractivity contribution in [2.24, 2.45) is 0 Å². The van der Waals surface area contributed by atoms with Crippen LogP contribution in [-0.2, 0) is 11.2 Å². The zero-order chi connectivity index (χ0) is 19.3. The Balaban J connectivity index is 1.35. The van der Waals surface area contributed by atoms with Crippen LogP contribution in [0.25, 0.3) is 0 Å². The van der Waals surface area contributed by atoms with Crippen molar-refractivity contribution >= 4 is 27.5 Å². The van der Waals surface area contributed by atoms with Gasteiger partial charge in [0.2, 0.25) is 11.8 Å². The molecule has 1 aliphatic heterocycles. The molecule has 7 heteroatoms. The molecule has 1 aromatic heterocycles. The summed E-state index contributed by atoms with van der Waals surface area (Å²) >= 11 is 3.40. The van der Waals surface area contributed by atoms with Crippen molar-refractivity contribution in [3.8, 4) is 23.1 Å². The lowest BCUT2D eigenvalue weighted by atomic mass is 10.1. The van der Waals surface area contributed by atoms with Crippen LogP contribution < -0.4 is 19.5 Å². The Labute approximate surface area is 170 Å². The number of rotatable bonds is 5. The molecule has 0 saturated carbocycles. The van der Waals surface area contributed by atoms with Crippen molar-refractivity contribution in [2.75, 3.05) is 18.5 Å². The molecule has 0 atom stereocenters. The molecule has 0 bridgehead atoms. The third-order valence-electron chi connectivity index (χ3n) is 4.01. The van der Waals surface area contributed by atoms with Gasteiger partial charge in [-0.05, 0) is 42.0 Å². The number of hydrogen-bond acceptors (Lipinski definition) is 5. The van der Waals surface area contributed by atoms with Gasteiger partial charge >= 0.3 is 0 Å². The van der Waals surface area contributed by atoms with Crippen LogP contribution in [0.1, 0.15) is 5.56 Å². The van der Waals surface area contributed by atoms with E-state index in [-0.39, 0.29) is 12.3 Å². The van der Waals surface area contributed by atoms with E-state index < -0.39 is 0 Å². The maximum Gasteiger partial charge on any atom is 0.228 e. The van der Waals surface area contributed by atoms with Crippen LogP contribution in [0.2, 0.25) is 0 Å². The smallest absolute Gasteiger partial charge is 0.228 e. The number of hydrogen-bond donors (Lipinski definition) is 1. The van der Waals surface area contributed by atoms with E-state index in [1.165, 1.54) is 0 Å². The molecule has 0 radical (unpaired) electrons. The highest BCUT2D eigenvalue weighted by molar-refractivity contribution is 9.10. The number of nitrogens with one attached hydrogen (secondary N) is 1. The third kappa shape index (κ3) is 4.61. The number of nitrogens with zero attached hydrogens (tertiary/aromatic N) is 1. The molecule has 1 aliphatic rings. The first-order chi connectivity index (χ1) is 13.7. The minimum Gasteiger partial charge on any atom is -0.486 e. The van der Waals surface area contributed by atoms with E-state index in [2.05, 4.69) is 26.2 Å². The fraction of sp³-hybridized carbons (Fsp3) is 0.143. The van der Waals surface area contributed by atoms with Gasteiger partial charge in [-0.3, -0.25) is 4.79 Å². The maximum absolute atomic E-state index is 12.3. The van der Waals surface area contributed by atoms with E-state index in [1.807, 2.05) is 42.5 Å². The molecule has 1 N–H and O–H groups in total. The number of fused-ring (bicyclic) bond motifs is 1. The second kappa shape index (κ2) is 8.31. The summed E-state index contributed by atoms with van der Waals surface area (Å²) in [6.45, 7) is 1.06. The molecule has 2 aromatic carbocycles. The van der Waals surface area contributed by atoms with Gasteiger partial charge < -0.3 is 19.5 Å². The molecule has 142 valence electrons. The van der Waals surface area contributed by atoms with Crippen LogP contribution in [-0.4, -0.2) is 24.1 Å². The van der Waals surface area contributed by atoms with E-state index >= 15 is 0 Å². The first-order valence-electron chi connectivity index (χ1n) is 8.73. The van der Waals surface area contributed by atoms with Gasteiger partial charge in [-0.1, -0.05) is 28.1 Å². The fourth-order valence-corrected chi connectivity index (χ4v) is 3.13. The largest absolute Gasteiger partial charge is 0.486 e. The van der Waals surface area contributed by atoms with Crippen molar-refractivity contribution in [1.82, 2.24) is 4.98 Å². The van der Waals surface area contributed by atoms with Gasteiger partial charge in [-0.25, -0.2) is 4.98 Å². The topological polar surface area (TPSA) is 69.7 Å². The van der Waals surface area contributed by atoms with Gasteiger partial charge in [-0.15, -0.1) is 0 Å². The second-order valence-electron chi connectivity index (χ2n) is 6.15. The van der Waals surface area contributed by atoms with E-state index in [9.17, 15) is 4.79 Å². The summed E-state index contributed by atoms with van der Waals surface area (Å²) in [6.07, 6.45) is 1.79. The number of anilines is 1. The number of ether oxygens (including phenoxy) is 3. The molecule has 28 heavy (non-hydrogen) atoms. The Morgan fingerprint density at radius 3 is 2.71 bits per heavy atom. The highest BCUT2D eigenvalue weighted by Crippen LogP contribution is 2.31. The number of amides is 1. The first-order valence-corrected chi connectivity index (χ1v) is 9.53. The van der Waals surface area contributed by atoms with Gasteiger partial charge in [0.1, 0.15) is 19.0 Å². The summed E-state index contributed by atoms with van der Waals surface area (Å²) in [4.78, 5) is 16.5. The predicted octanol–water partition coefficient (Wildman–Crippen LogP) is 4.59. The lowest BCUT2D eigenvalue weighted by molar-refractivity contribution is -0.115. The maximum atomic E-state index is 12.3. The van der Waals surface area contributed by atoms with Crippen molar-refractivity contribution in [2.45, 2.75) is 6.42 Å². The van der Waals surface area contributed by atoms with Crippen LogP contribution in [0.3, 0.4) is 0 Å². The van der Waals surface area contributed by atoms with Crippen molar-refractivity contribution in [1.29, 1.82) is 0 Å². The van der Waals surface area contributed by atoms with Gasteiger partial charge in [0.05, 0.1) is 18.3 Å². The number of carbonyl (C=O) groups excluding carboxylic acids is 1. The minimum absolute atomic E-state index is 0.140. The first kappa shape index (κ1) is 18.3. The highest BCUT2D eigenvalue weighted by Gasteiger charge is 2.13. The fourth-order valence-electron chi connectivity index (χ4n) is 2.75. The molecule has 0 unspecified atom stereocenters. The number of halogens is 1. The Kier molecular flexibility index (Phi) is 5.43. The monoisotopic (exact) mass is 440 g/mol. The van der Waals surface area contributed by atoms with Gasteiger partial charge in [0.25, 0.3) is 0 Å². The van der Waals surface area contributed by atoms with E-state index in [1.54, 1.807) is 18.3 Å². The van der Waals surface area contributed by atoms with E-state index in [0.717, 1.165) is 10.0 Å². The molecule has 0 aliphatic carbocycles. The average Bonchev–Trinajstić information content (AvgIpc) is 2.69. The normalized spacial score (nSPS) is 12.3. The minimum atomic E-state index is -0.140. The zero-order valence-electron chi connectivity index (χ0n) is 14.9. The molecular weight excluding hydrogens is 424 g/mol. The molecule has 1 amide bonds. The van der Waals surface area contributed by atoms with E-state index in [0.29, 0.717) is 42.0 Å². The van der Waals surface area contributed by atoms with Gasteiger partial charge in [0, 0.05) is 10.5 Å². The summed E-state index contributed by atoms with van der Waals surface area (Å²) < 4.78 is 17.7. The molecule has 0 saturated heterocycles. The van der Waals surface area contributed by atoms with Crippen LogP contribution >= 0.6 is 15.9 Å². The van der Waals surface area contributed by atoms with Crippen LogP contribution in [0.15, 0.2) is 65.3 Å². The van der Waals surface area contributed by atoms with Crippen LogP contribution in [0.4, 0.5) is 5.69 Å². The number of benzene rings is 2. The quantitative estimate of drug-likeness (QED) is 0.628. The summed E-state index contributed by atoms with van der Waals surface area (Å²) in [6, 6.07) is 16.5. The van der Waals surface area contributed by atoms with E-state index in [4.69, 9.17) is 14.2 Å². The molecule has 3 aromatic rings. The summed E-state index contributed by atoms with van der Waals surface area (Å²) in [5, 5.41) is 2.83. The average molecular weight is 441 g/mol. The SMILES string of the molecule is O=C(Cc1ccc2c(c1)OCCO2)Nc1ccc(Oc2cccc(Br)c2)nc1. The Morgan fingerprint density at radius 1 is 1.07 bits per heavy atom. The number of carbonyl (C=O) groups is 1. The summed E-state index contributed by atoms with van der Waals surface area (Å²) in [7, 11) is 0. The zero-order valence-corrected chi connectivity index (χ0v) is 16.4. The van der Waals surface area contributed by atoms with Crippen LogP contribution in [0, 0.1) is 0 Å². The molecule has 0 fully saturated rings. The number of aromatic nitrogens is 1.